The maximum absolute atomic E-state index is 13.5. The maximum atomic E-state index is 13.5. The number of aryl methyl sites for hydroxylation is 1. The molecule has 1 heterocycles. The number of benzene rings is 1. The van der Waals surface area contributed by atoms with Gasteiger partial charge >= 0.3 is 7.12 Å². The average Bonchev–Trinajstić information content (AvgIpc) is 2.51. The Morgan fingerprint density at radius 2 is 1.68 bits per heavy atom. The van der Waals surface area contributed by atoms with Crippen molar-refractivity contribution in [3.05, 3.63) is 29.1 Å². The number of hydrogen-bond donors (Lipinski definition) is 0. The number of nitrogens with zero attached hydrogens (tertiary/aromatic N) is 1. The molecule has 0 N–H and O–H groups in total. The smallest absolute Gasteiger partial charge is 0.399 e. The van der Waals surface area contributed by atoms with Crippen molar-refractivity contribution in [2.75, 3.05) is 0 Å². The van der Waals surface area contributed by atoms with E-state index in [1.54, 1.807) is 13.0 Å². The zero-order chi connectivity index (χ0) is 14.4. The third kappa shape index (κ3) is 2.26. The fourth-order valence-corrected chi connectivity index (χ4v) is 1.97. The molecule has 0 atom stereocenters. The molecule has 1 aliphatic rings. The predicted molar refractivity (Wildman–Crippen MR) is 71.6 cm³/mol. The van der Waals surface area contributed by atoms with Crippen LogP contribution in [0.15, 0.2) is 12.1 Å². The maximum Gasteiger partial charge on any atom is 0.496 e. The summed E-state index contributed by atoms with van der Waals surface area (Å²) in [7, 11) is -0.640. The highest BCUT2D eigenvalue weighted by Gasteiger charge is 2.52. The van der Waals surface area contributed by atoms with Gasteiger partial charge in [-0.2, -0.15) is 5.26 Å². The standard InChI is InChI=1S/C14H17BFNO2/c1-9-6-11(10(8-17)7-12(9)16)15-18-13(2,3)14(4,5)19-15/h6-7H,1-5H3. The lowest BCUT2D eigenvalue weighted by Crippen LogP contribution is -2.41. The molecule has 0 amide bonds. The van der Waals surface area contributed by atoms with Crippen LogP contribution < -0.4 is 5.46 Å². The van der Waals surface area contributed by atoms with Gasteiger partial charge in [0.1, 0.15) is 5.82 Å². The first-order valence-electron chi connectivity index (χ1n) is 6.24. The number of rotatable bonds is 1. The van der Waals surface area contributed by atoms with Gasteiger partial charge in [-0.3, -0.25) is 0 Å². The normalized spacial score (nSPS) is 20.4. The van der Waals surface area contributed by atoms with Gasteiger partial charge in [0.05, 0.1) is 22.8 Å². The highest BCUT2D eigenvalue weighted by atomic mass is 19.1. The third-order valence-corrected chi connectivity index (χ3v) is 3.96. The Balaban J connectivity index is 2.45. The van der Waals surface area contributed by atoms with Crippen molar-refractivity contribution in [3.8, 4) is 6.07 Å². The van der Waals surface area contributed by atoms with Crippen molar-refractivity contribution in [2.45, 2.75) is 45.8 Å². The van der Waals surface area contributed by atoms with Gasteiger partial charge in [-0.05, 0) is 46.2 Å². The van der Waals surface area contributed by atoms with E-state index in [9.17, 15) is 4.39 Å². The highest BCUT2D eigenvalue weighted by molar-refractivity contribution is 6.62. The minimum atomic E-state index is -0.640. The SMILES string of the molecule is Cc1cc(B2OC(C)(C)C(C)(C)O2)c(C#N)cc1F. The fourth-order valence-electron chi connectivity index (χ4n) is 1.97. The Bertz CT molecular complexity index is 547. The molecule has 0 saturated carbocycles. The van der Waals surface area contributed by atoms with Crippen molar-refractivity contribution in [2.24, 2.45) is 0 Å². The van der Waals surface area contributed by atoms with E-state index in [2.05, 4.69) is 0 Å². The van der Waals surface area contributed by atoms with E-state index < -0.39 is 24.1 Å². The Kier molecular flexibility index (Phi) is 3.20. The van der Waals surface area contributed by atoms with Crippen molar-refractivity contribution in [3.63, 3.8) is 0 Å². The Morgan fingerprint density at radius 1 is 1.16 bits per heavy atom. The molecule has 1 aromatic rings. The monoisotopic (exact) mass is 261 g/mol. The van der Waals surface area contributed by atoms with Crippen LogP contribution in [-0.4, -0.2) is 18.3 Å². The van der Waals surface area contributed by atoms with Crippen LogP contribution in [-0.2, 0) is 9.31 Å². The molecule has 0 bridgehead atoms. The van der Waals surface area contributed by atoms with E-state index >= 15 is 0 Å². The van der Waals surface area contributed by atoms with Crippen molar-refractivity contribution < 1.29 is 13.7 Å². The quantitative estimate of drug-likeness (QED) is 0.728. The molecule has 19 heavy (non-hydrogen) atoms. The largest absolute Gasteiger partial charge is 0.496 e. The molecule has 0 spiro atoms. The molecule has 1 fully saturated rings. The van der Waals surface area contributed by atoms with Gasteiger partial charge in [0.25, 0.3) is 0 Å². The van der Waals surface area contributed by atoms with Crippen LogP contribution >= 0.6 is 0 Å². The summed E-state index contributed by atoms with van der Waals surface area (Å²) in [5.74, 6) is -0.392. The highest BCUT2D eigenvalue weighted by Crippen LogP contribution is 2.36. The van der Waals surface area contributed by atoms with Gasteiger partial charge in [-0.25, -0.2) is 4.39 Å². The van der Waals surface area contributed by atoms with Gasteiger partial charge in [0.2, 0.25) is 0 Å². The van der Waals surface area contributed by atoms with Gasteiger partial charge in [0.15, 0.2) is 0 Å². The molecule has 5 heteroatoms. The minimum Gasteiger partial charge on any atom is -0.399 e. The summed E-state index contributed by atoms with van der Waals surface area (Å²) in [6, 6.07) is 4.85. The first kappa shape index (κ1) is 14.0. The number of nitriles is 1. The van der Waals surface area contributed by atoms with Crippen molar-refractivity contribution in [1.29, 1.82) is 5.26 Å². The topological polar surface area (TPSA) is 42.2 Å². The van der Waals surface area contributed by atoms with Crippen molar-refractivity contribution in [1.82, 2.24) is 0 Å². The van der Waals surface area contributed by atoms with E-state index in [0.717, 1.165) is 0 Å². The molecule has 3 nitrogen and oxygen atoms in total. The summed E-state index contributed by atoms with van der Waals surface area (Å²) in [5.41, 5.74) is 0.352. The summed E-state index contributed by atoms with van der Waals surface area (Å²) >= 11 is 0. The zero-order valence-corrected chi connectivity index (χ0v) is 11.9. The first-order valence-corrected chi connectivity index (χ1v) is 6.24. The van der Waals surface area contributed by atoms with Gasteiger partial charge < -0.3 is 9.31 Å². The van der Waals surface area contributed by atoms with Crippen LogP contribution in [0.4, 0.5) is 4.39 Å². The predicted octanol–water partition coefficient (Wildman–Crippen LogP) is 2.30. The van der Waals surface area contributed by atoms with Crippen LogP contribution in [0.1, 0.15) is 38.8 Å². The van der Waals surface area contributed by atoms with Crippen LogP contribution in [0.2, 0.25) is 0 Å². The van der Waals surface area contributed by atoms with E-state index in [1.165, 1.54) is 6.07 Å². The van der Waals surface area contributed by atoms with Gasteiger partial charge in [0, 0.05) is 5.46 Å². The molecular formula is C14H17BFNO2. The third-order valence-electron chi connectivity index (χ3n) is 3.96. The molecule has 0 unspecified atom stereocenters. The molecule has 0 aliphatic carbocycles. The Morgan fingerprint density at radius 3 is 2.16 bits per heavy atom. The van der Waals surface area contributed by atoms with Gasteiger partial charge in [-0.1, -0.05) is 6.07 Å². The van der Waals surface area contributed by atoms with Crippen molar-refractivity contribution >= 4 is 12.6 Å². The molecule has 0 radical (unpaired) electrons. The second-order valence-corrected chi connectivity index (χ2v) is 5.89. The van der Waals surface area contributed by atoms with Crippen LogP contribution in [0.5, 0.6) is 0 Å². The van der Waals surface area contributed by atoms with E-state index in [0.29, 0.717) is 11.0 Å². The van der Waals surface area contributed by atoms with Gasteiger partial charge in [-0.15, -0.1) is 0 Å². The molecule has 1 saturated heterocycles. The van der Waals surface area contributed by atoms with Crippen LogP contribution in [0.25, 0.3) is 0 Å². The Hall–Kier alpha value is -1.38. The average molecular weight is 261 g/mol. The van der Waals surface area contributed by atoms with E-state index in [-0.39, 0.29) is 5.56 Å². The molecular weight excluding hydrogens is 244 g/mol. The molecule has 2 rings (SSSR count). The lowest BCUT2D eigenvalue weighted by Gasteiger charge is -2.32. The molecule has 1 aromatic carbocycles. The number of halogens is 1. The second kappa shape index (κ2) is 4.33. The first-order chi connectivity index (χ1) is 8.68. The Labute approximate surface area is 113 Å². The lowest BCUT2D eigenvalue weighted by molar-refractivity contribution is 0.00578. The summed E-state index contributed by atoms with van der Waals surface area (Å²) < 4.78 is 25.3. The fraction of sp³-hybridized carbons (Fsp3) is 0.500. The molecule has 1 aliphatic heterocycles. The second-order valence-electron chi connectivity index (χ2n) is 5.89. The number of hydrogen-bond acceptors (Lipinski definition) is 3. The van der Waals surface area contributed by atoms with E-state index in [1.807, 2.05) is 33.8 Å². The summed E-state index contributed by atoms with van der Waals surface area (Å²) in [6.45, 7) is 9.42. The zero-order valence-electron chi connectivity index (χ0n) is 11.9. The summed E-state index contributed by atoms with van der Waals surface area (Å²) in [4.78, 5) is 0. The van der Waals surface area contributed by atoms with E-state index in [4.69, 9.17) is 14.6 Å². The summed E-state index contributed by atoms with van der Waals surface area (Å²) in [5, 5.41) is 9.13. The van der Waals surface area contributed by atoms with Crippen LogP contribution in [0.3, 0.4) is 0 Å². The minimum absolute atomic E-state index is 0.251. The summed E-state index contributed by atoms with van der Waals surface area (Å²) in [6.07, 6.45) is 0. The molecule has 0 aromatic heterocycles. The van der Waals surface area contributed by atoms with Crippen LogP contribution in [0, 0.1) is 24.1 Å². The lowest BCUT2D eigenvalue weighted by atomic mass is 9.75. The molecule has 100 valence electrons.